The molecule has 3 nitrogen and oxygen atoms in total. The number of nitrogens with zero attached hydrogens (tertiary/aromatic N) is 2. The highest BCUT2D eigenvalue weighted by molar-refractivity contribution is 5.67. The molecule has 1 radical (unpaired) electrons. The molecular formula is C9H7N2O. The minimum absolute atomic E-state index is 0.672. The van der Waals surface area contributed by atoms with E-state index < -0.39 is 0 Å². The van der Waals surface area contributed by atoms with Crippen molar-refractivity contribution in [2.24, 2.45) is 0 Å². The molecule has 1 fully saturated rings. The summed E-state index contributed by atoms with van der Waals surface area (Å²) >= 11 is 0. The molecule has 0 spiro atoms. The predicted molar refractivity (Wildman–Crippen MR) is 42.6 cm³/mol. The van der Waals surface area contributed by atoms with Gasteiger partial charge in [0.2, 0.25) is 0 Å². The van der Waals surface area contributed by atoms with Crippen LogP contribution in [0.5, 0.6) is 0 Å². The van der Waals surface area contributed by atoms with Gasteiger partial charge in [0.1, 0.15) is 0 Å². The molecule has 2 aromatic heterocycles. The van der Waals surface area contributed by atoms with Crippen molar-refractivity contribution in [3.63, 3.8) is 0 Å². The van der Waals surface area contributed by atoms with E-state index in [2.05, 4.69) is 16.4 Å². The summed E-state index contributed by atoms with van der Waals surface area (Å²) < 4.78 is 4.97. The lowest BCUT2D eigenvalue weighted by atomic mass is 10.2. The fourth-order valence-corrected chi connectivity index (χ4v) is 1.33. The first-order valence-corrected chi connectivity index (χ1v) is 4.07. The minimum atomic E-state index is 0.672. The van der Waals surface area contributed by atoms with Crippen LogP contribution in [0, 0.1) is 6.39 Å². The van der Waals surface area contributed by atoms with Gasteiger partial charge in [0.25, 0.3) is 6.39 Å². The van der Waals surface area contributed by atoms with Gasteiger partial charge in [-0.1, -0.05) is 0 Å². The van der Waals surface area contributed by atoms with E-state index in [0.29, 0.717) is 11.6 Å². The molecule has 0 amide bonds. The molecule has 12 heavy (non-hydrogen) atoms. The molecule has 1 saturated carbocycles. The van der Waals surface area contributed by atoms with Crippen LogP contribution in [-0.4, -0.2) is 9.97 Å². The van der Waals surface area contributed by atoms with Crippen molar-refractivity contribution in [2.45, 2.75) is 18.8 Å². The second-order valence-corrected chi connectivity index (χ2v) is 3.14. The van der Waals surface area contributed by atoms with E-state index in [1.54, 1.807) is 0 Å². The van der Waals surface area contributed by atoms with Crippen molar-refractivity contribution >= 4 is 11.2 Å². The van der Waals surface area contributed by atoms with Gasteiger partial charge in [0.15, 0.2) is 11.2 Å². The van der Waals surface area contributed by atoms with Gasteiger partial charge in [-0.15, -0.1) is 0 Å². The van der Waals surface area contributed by atoms with Crippen LogP contribution in [0.15, 0.2) is 16.5 Å². The topological polar surface area (TPSA) is 38.9 Å². The Morgan fingerprint density at radius 1 is 1.42 bits per heavy atom. The summed E-state index contributed by atoms with van der Waals surface area (Å²) in [7, 11) is 0. The van der Waals surface area contributed by atoms with Crippen molar-refractivity contribution in [1.82, 2.24) is 9.97 Å². The van der Waals surface area contributed by atoms with Crippen LogP contribution < -0.4 is 0 Å². The molecule has 0 aromatic carbocycles. The van der Waals surface area contributed by atoms with Crippen LogP contribution in [0.25, 0.3) is 11.2 Å². The van der Waals surface area contributed by atoms with Crippen LogP contribution >= 0.6 is 0 Å². The summed E-state index contributed by atoms with van der Waals surface area (Å²) in [6.45, 7) is 0. The number of aromatic nitrogens is 2. The van der Waals surface area contributed by atoms with E-state index in [0.717, 1.165) is 11.3 Å². The molecule has 3 heteroatoms. The fourth-order valence-electron chi connectivity index (χ4n) is 1.33. The molecule has 1 aliphatic carbocycles. The van der Waals surface area contributed by atoms with Crippen molar-refractivity contribution in [3.05, 3.63) is 24.2 Å². The maximum Gasteiger partial charge on any atom is 0.286 e. The lowest BCUT2D eigenvalue weighted by Gasteiger charge is -1.93. The monoisotopic (exact) mass is 159 g/mol. The van der Waals surface area contributed by atoms with Gasteiger partial charge in [-0.2, -0.15) is 4.98 Å². The quantitative estimate of drug-likeness (QED) is 0.637. The first-order valence-electron chi connectivity index (χ1n) is 4.07. The van der Waals surface area contributed by atoms with E-state index >= 15 is 0 Å². The second-order valence-electron chi connectivity index (χ2n) is 3.14. The Kier molecular flexibility index (Phi) is 1.06. The van der Waals surface area contributed by atoms with Crippen molar-refractivity contribution < 1.29 is 4.42 Å². The van der Waals surface area contributed by atoms with Crippen molar-refractivity contribution in [2.75, 3.05) is 0 Å². The van der Waals surface area contributed by atoms with Gasteiger partial charge in [-0.3, -0.25) is 0 Å². The molecule has 1 aliphatic rings. The lowest BCUT2D eigenvalue weighted by Crippen LogP contribution is -1.85. The van der Waals surface area contributed by atoms with E-state index in [1.807, 2.05) is 12.1 Å². The summed E-state index contributed by atoms with van der Waals surface area (Å²) in [5, 5.41) is 0. The maximum absolute atomic E-state index is 4.97. The Morgan fingerprint density at radius 3 is 3.17 bits per heavy atom. The number of hydrogen-bond donors (Lipinski definition) is 0. The Hall–Kier alpha value is -1.38. The van der Waals surface area contributed by atoms with Crippen LogP contribution in [0.4, 0.5) is 0 Å². The van der Waals surface area contributed by atoms with E-state index in [4.69, 9.17) is 4.42 Å². The average molecular weight is 159 g/mol. The molecule has 0 unspecified atom stereocenters. The molecule has 3 rings (SSSR count). The first-order chi connectivity index (χ1) is 5.93. The molecule has 2 aromatic rings. The first kappa shape index (κ1) is 6.17. The maximum atomic E-state index is 4.97. The number of pyridine rings is 1. The zero-order valence-electron chi connectivity index (χ0n) is 6.45. The molecule has 0 atom stereocenters. The van der Waals surface area contributed by atoms with Crippen molar-refractivity contribution in [1.29, 1.82) is 0 Å². The molecule has 0 saturated heterocycles. The number of fused-ring (bicyclic) bond motifs is 1. The highest BCUT2D eigenvalue weighted by Crippen LogP contribution is 2.39. The normalized spacial score (nSPS) is 17.0. The zero-order chi connectivity index (χ0) is 7.97. The zero-order valence-corrected chi connectivity index (χ0v) is 6.45. The average Bonchev–Trinajstić information content (AvgIpc) is 2.84. The molecule has 0 bridgehead atoms. The number of rotatable bonds is 1. The minimum Gasteiger partial charge on any atom is -0.431 e. The molecule has 2 heterocycles. The Morgan fingerprint density at radius 2 is 2.33 bits per heavy atom. The third-order valence-corrected chi connectivity index (χ3v) is 2.16. The Balaban J connectivity index is 2.21. The molecule has 59 valence electrons. The molecular weight excluding hydrogens is 152 g/mol. The van der Waals surface area contributed by atoms with Gasteiger partial charge in [0.05, 0.1) is 0 Å². The van der Waals surface area contributed by atoms with E-state index in [-0.39, 0.29) is 0 Å². The predicted octanol–water partition coefficient (Wildman–Crippen LogP) is 1.90. The summed E-state index contributed by atoms with van der Waals surface area (Å²) in [5.74, 6) is 0.672. The van der Waals surface area contributed by atoms with Gasteiger partial charge in [-0.05, 0) is 25.0 Å². The highest BCUT2D eigenvalue weighted by atomic mass is 16.3. The second kappa shape index (κ2) is 2.06. The lowest BCUT2D eigenvalue weighted by molar-refractivity contribution is 0.591. The van der Waals surface area contributed by atoms with Gasteiger partial charge < -0.3 is 4.42 Å². The standard InChI is InChI=1S/C9H7N2O/c1-2-6(1)7-3-4-8-9(11-7)10-5-12-8/h3-4,6H,1-2H2. The Bertz CT molecular complexity index is 417. The number of hydrogen-bond acceptors (Lipinski definition) is 3. The fraction of sp³-hybridized carbons (Fsp3) is 0.333. The van der Waals surface area contributed by atoms with Crippen LogP contribution in [-0.2, 0) is 0 Å². The van der Waals surface area contributed by atoms with Gasteiger partial charge in [-0.25, -0.2) is 4.98 Å². The largest absolute Gasteiger partial charge is 0.431 e. The van der Waals surface area contributed by atoms with Gasteiger partial charge in [0, 0.05) is 11.6 Å². The van der Waals surface area contributed by atoms with Crippen molar-refractivity contribution in [3.8, 4) is 0 Å². The summed E-state index contributed by atoms with van der Waals surface area (Å²) in [4.78, 5) is 8.25. The van der Waals surface area contributed by atoms with Gasteiger partial charge >= 0.3 is 0 Å². The van der Waals surface area contributed by atoms with Crippen LogP contribution in [0.1, 0.15) is 24.5 Å². The summed E-state index contributed by atoms with van der Waals surface area (Å²) in [5.41, 5.74) is 2.55. The van der Waals surface area contributed by atoms with E-state index in [1.165, 1.54) is 12.8 Å². The highest BCUT2D eigenvalue weighted by Gasteiger charge is 2.25. The summed E-state index contributed by atoms with van der Waals surface area (Å²) in [6.07, 6.45) is 4.96. The Labute approximate surface area is 69.4 Å². The SMILES string of the molecule is [c]1nc2nc(C3CC3)ccc2o1. The third-order valence-electron chi connectivity index (χ3n) is 2.16. The van der Waals surface area contributed by atoms with Crippen LogP contribution in [0.3, 0.4) is 0 Å². The number of oxazole rings is 1. The van der Waals surface area contributed by atoms with E-state index in [9.17, 15) is 0 Å². The summed E-state index contributed by atoms with van der Waals surface area (Å²) in [6, 6.07) is 3.93. The smallest absolute Gasteiger partial charge is 0.286 e. The third kappa shape index (κ3) is 0.826. The molecule has 0 aliphatic heterocycles. The molecule has 0 N–H and O–H groups in total. The van der Waals surface area contributed by atoms with Crippen LogP contribution in [0.2, 0.25) is 0 Å².